The number of hydrogen-bond acceptors (Lipinski definition) is 2. The second-order valence-corrected chi connectivity index (χ2v) is 5.58. The molecule has 0 heterocycles. The normalized spacial score (nSPS) is 30.4. The standard InChI is InChI=1S/C12H20F2N2O/c13-12(14)6-1-3-9(7-12)10(17)16-8-11(15)4-2-5-11/h9H,1-8,15H2,(H,16,17). The van der Waals surface area contributed by atoms with E-state index >= 15 is 0 Å². The molecule has 0 radical (unpaired) electrons. The van der Waals surface area contributed by atoms with Gasteiger partial charge in [-0.1, -0.05) is 0 Å². The molecule has 0 bridgehead atoms. The van der Waals surface area contributed by atoms with Crippen molar-refractivity contribution >= 4 is 5.91 Å². The molecule has 3 nitrogen and oxygen atoms in total. The van der Waals surface area contributed by atoms with Gasteiger partial charge in [-0.2, -0.15) is 0 Å². The van der Waals surface area contributed by atoms with Gasteiger partial charge in [0.15, 0.2) is 0 Å². The van der Waals surface area contributed by atoms with Gasteiger partial charge in [0.1, 0.15) is 0 Å². The molecular weight excluding hydrogens is 226 g/mol. The molecule has 0 saturated heterocycles. The van der Waals surface area contributed by atoms with Crippen LogP contribution in [0.2, 0.25) is 0 Å². The molecule has 98 valence electrons. The van der Waals surface area contributed by atoms with E-state index in [1.165, 1.54) is 0 Å². The highest BCUT2D eigenvalue weighted by molar-refractivity contribution is 5.78. The van der Waals surface area contributed by atoms with E-state index in [-0.39, 0.29) is 24.3 Å². The molecule has 5 heteroatoms. The summed E-state index contributed by atoms with van der Waals surface area (Å²) >= 11 is 0. The Balaban J connectivity index is 1.79. The minimum absolute atomic E-state index is 0.0857. The Bertz CT molecular complexity index is 303. The van der Waals surface area contributed by atoms with Gasteiger partial charge < -0.3 is 11.1 Å². The van der Waals surface area contributed by atoms with Gasteiger partial charge in [0.25, 0.3) is 0 Å². The third-order valence-electron chi connectivity index (χ3n) is 3.97. The summed E-state index contributed by atoms with van der Waals surface area (Å²) in [4.78, 5) is 11.8. The lowest BCUT2D eigenvalue weighted by atomic mass is 9.77. The van der Waals surface area contributed by atoms with Crippen molar-refractivity contribution < 1.29 is 13.6 Å². The molecule has 2 saturated carbocycles. The van der Waals surface area contributed by atoms with Gasteiger partial charge in [-0.3, -0.25) is 4.79 Å². The number of carbonyl (C=O) groups excluding carboxylic acids is 1. The first-order valence-electron chi connectivity index (χ1n) is 6.35. The van der Waals surface area contributed by atoms with E-state index in [1.807, 2.05) is 0 Å². The lowest BCUT2D eigenvalue weighted by Crippen LogP contribution is -2.55. The van der Waals surface area contributed by atoms with Gasteiger partial charge >= 0.3 is 0 Å². The number of hydrogen-bond donors (Lipinski definition) is 2. The molecule has 17 heavy (non-hydrogen) atoms. The zero-order chi connectivity index (χ0) is 12.5. The lowest BCUT2D eigenvalue weighted by molar-refractivity contribution is -0.132. The number of rotatable bonds is 3. The van der Waals surface area contributed by atoms with Crippen molar-refractivity contribution in [3.05, 3.63) is 0 Å². The molecule has 2 fully saturated rings. The molecule has 1 atom stereocenters. The maximum atomic E-state index is 13.2. The quantitative estimate of drug-likeness (QED) is 0.798. The fraction of sp³-hybridized carbons (Fsp3) is 0.917. The van der Waals surface area contributed by atoms with Gasteiger partial charge in [0.05, 0.1) is 0 Å². The van der Waals surface area contributed by atoms with Crippen LogP contribution < -0.4 is 11.1 Å². The summed E-state index contributed by atoms with van der Waals surface area (Å²) in [6, 6.07) is 0. The van der Waals surface area contributed by atoms with Crippen molar-refractivity contribution in [1.29, 1.82) is 0 Å². The van der Waals surface area contributed by atoms with E-state index in [0.29, 0.717) is 19.4 Å². The maximum Gasteiger partial charge on any atom is 0.248 e. The van der Waals surface area contributed by atoms with Crippen LogP contribution in [-0.4, -0.2) is 23.9 Å². The molecule has 0 aromatic carbocycles. The molecule has 1 amide bonds. The first-order chi connectivity index (χ1) is 7.90. The van der Waals surface area contributed by atoms with Crippen LogP contribution in [0.25, 0.3) is 0 Å². The minimum Gasteiger partial charge on any atom is -0.354 e. The average molecular weight is 246 g/mol. The second kappa shape index (κ2) is 4.52. The van der Waals surface area contributed by atoms with Crippen LogP contribution in [-0.2, 0) is 4.79 Å². The van der Waals surface area contributed by atoms with Crippen molar-refractivity contribution in [1.82, 2.24) is 5.32 Å². The molecule has 0 aromatic heterocycles. The van der Waals surface area contributed by atoms with Crippen LogP contribution in [0.15, 0.2) is 0 Å². The predicted octanol–water partition coefficient (Wildman–Crippen LogP) is 1.81. The number of halogens is 2. The SMILES string of the molecule is NC1(CNC(=O)C2CCCC(F)(F)C2)CCC1. The molecule has 2 rings (SSSR count). The smallest absolute Gasteiger partial charge is 0.248 e. The third-order valence-corrected chi connectivity index (χ3v) is 3.97. The molecule has 0 spiro atoms. The molecule has 2 aliphatic carbocycles. The monoisotopic (exact) mass is 246 g/mol. The van der Waals surface area contributed by atoms with Crippen molar-refractivity contribution in [3.8, 4) is 0 Å². The Morgan fingerprint density at radius 1 is 1.29 bits per heavy atom. The number of nitrogens with one attached hydrogen (secondary N) is 1. The van der Waals surface area contributed by atoms with E-state index in [0.717, 1.165) is 19.3 Å². The van der Waals surface area contributed by atoms with Crippen LogP contribution in [0.5, 0.6) is 0 Å². The van der Waals surface area contributed by atoms with E-state index in [1.54, 1.807) is 0 Å². The average Bonchev–Trinajstić information content (AvgIpc) is 2.22. The summed E-state index contributed by atoms with van der Waals surface area (Å²) in [7, 11) is 0. The van der Waals surface area contributed by atoms with Gasteiger partial charge in [-0.05, 0) is 32.1 Å². The van der Waals surface area contributed by atoms with Gasteiger partial charge in [-0.25, -0.2) is 8.78 Å². The van der Waals surface area contributed by atoms with Crippen LogP contribution in [0.1, 0.15) is 44.9 Å². The van der Waals surface area contributed by atoms with Gasteiger partial charge in [0.2, 0.25) is 11.8 Å². The Morgan fingerprint density at radius 3 is 2.53 bits per heavy atom. The highest BCUT2D eigenvalue weighted by Crippen LogP contribution is 2.36. The largest absolute Gasteiger partial charge is 0.354 e. The fourth-order valence-electron chi connectivity index (χ4n) is 2.61. The highest BCUT2D eigenvalue weighted by atomic mass is 19.3. The predicted molar refractivity (Wildman–Crippen MR) is 60.7 cm³/mol. The van der Waals surface area contributed by atoms with E-state index in [4.69, 9.17) is 5.73 Å². The molecule has 1 unspecified atom stereocenters. The number of alkyl halides is 2. The summed E-state index contributed by atoms with van der Waals surface area (Å²) in [5.74, 6) is -3.46. The molecule has 0 aromatic rings. The molecule has 0 aliphatic heterocycles. The highest BCUT2D eigenvalue weighted by Gasteiger charge is 2.40. The third kappa shape index (κ3) is 3.15. The molecular formula is C12H20F2N2O. The van der Waals surface area contributed by atoms with Crippen LogP contribution >= 0.6 is 0 Å². The first kappa shape index (κ1) is 12.7. The van der Waals surface area contributed by atoms with Crippen LogP contribution in [0.4, 0.5) is 8.78 Å². The zero-order valence-electron chi connectivity index (χ0n) is 9.98. The van der Waals surface area contributed by atoms with Crippen molar-refractivity contribution in [2.45, 2.75) is 56.4 Å². The summed E-state index contributed by atoms with van der Waals surface area (Å²) in [5, 5.41) is 2.74. The lowest BCUT2D eigenvalue weighted by Gasteiger charge is -2.38. The van der Waals surface area contributed by atoms with Crippen LogP contribution in [0.3, 0.4) is 0 Å². The summed E-state index contributed by atoms with van der Waals surface area (Å²) in [5.41, 5.74) is 5.69. The van der Waals surface area contributed by atoms with E-state index in [2.05, 4.69) is 5.32 Å². The van der Waals surface area contributed by atoms with Gasteiger partial charge in [0, 0.05) is 30.8 Å². The first-order valence-corrected chi connectivity index (χ1v) is 6.35. The number of carbonyl (C=O) groups is 1. The summed E-state index contributed by atoms with van der Waals surface area (Å²) < 4.78 is 26.3. The summed E-state index contributed by atoms with van der Waals surface area (Å²) in [6.07, 6.45) is 3.52. The van der Waals surface area contributed by atoms with E-state index < -0.39 is 11.8 Å². The van der Waals surface area contributed by atoms with Gasteiger partial charge in [-0.15, -0.1) is 0 Å². The topological polar surface area (TPSA) is 55.1 Å². The van der Waals surface area contributed by atoms with Crippen molar-refractivity contribution in [2.75, 3.05) is 6.54 Å². The molecule has 2 aliphatic rings. The van der Waals surface area contributed by atoms with Crippen molar-refractivity contribution in [3.63, 3.8) is 0 Å². The number of nitrogens with two attached hydrogens (primary N) is 1. The van der Waals surface area contributed by atoms with E-state index in [9.17, 15) is 13.6 Å². The van der Waals surface area contributed by atoms with Crippen molar-refractivity contribution in [2.24, 2.45) is 11.7 Å². The Hall–Kier alpha value is -0.710. The zero-order valence-corrected chi connectivity index (χ0v) is 9.98. The summed E-state index contributed by atoms with van der Waals surface area (Å²) in [6.45, 7) is 0.425. The second-order valence-electron chi connectivity index (χ2n) is 5.58. The van der Waals surface area contributed by atoms with Crippen LogP contribution in [0, 0.1) is 5.92 Å². The maximum absolute atomic E-state index is 13.2. The molecule has 3 N–H and O–H groups in total. The minimum atomic E-state index is -2.67. The number of amides is 1. The Labute approximate surface area is 100 Å². The Morgan fingerprint density at radius 2 is 2.00 bits per heavy atom. The fourth-order valence-corrected chi connectivity index (χ4v) is 2.61. The Kier molecular flexibility index (Phi) is 3.39.